The Balaban J connectivity index is 1.82. The normalized spacial score (nSPS) is 15.1. The van der Waals surface area contributed by atoms with Gasteiger partial charge in [-0.05, 0) is 53.9 Å². The fourth-order valence-corrected chi connectivity index (χ4v) is 4.61. The minimum atomic E-state index is -0.870. The molecule has 1 aliphatic rings. The number of carbonyl (C=O) groups is 1. The standard InChI is InChI=1S/C24H20Cl2F2N2O3/c1-32-18-9-13-5-6-30(24(31)29-20-4-3-17(27)11-19(20)28)23(22(13)21(12-18)33-2)14-7-15(25)10-16(26)8-14/h3-4,7-12,23H,5-6H2,1-2H3,(H,29,31)/t23-/m0/s1. The number of fused-ring (bicyclic) bond motifs is 1. The summed E-state index contributed by atoms with van der Waals surface area (Å²) in [6.07, 6.45) is 0.507. The van der Waals surface area contributed by atoms with Crippen LogP contribution in [0.1, 0.15) is 22.7 Å². The van der Waals surface area contributed by atoms with Gasteiger partial charge >= 0.3 is 6.03 Å². The molecule has 3 aromatic carbocycles. The molecule has 0 radical (unpaired) electrons. The van der Waals surface area contributed by atoms with Crippen LogP contribution in [0.5, 0.6) is 11.5 Å². The quantitative estimate of drug-likeness (QED) is 0.454. The number of amides is 2. The van der Waals surface area contributed by atoms with Crippen LogP contribution in [0, 0.1) is 11.6 Å². The number of ether oxygens (including phenoxy) is 2. The van der Waals surface area contributed by atoms with Crippen molar-refractivity contribution in [2.45, 2.75) is 12.5 Å². The summed E-state index contributed by atoms with van der Waals surface area (Å²) < 4.78 is 38.5. The van der Waals surface area contributed by atoms with Gasteiger partial charge in [-0.3, -0.25) is 0 Å². The molecule has 5 nitrogen and oxygen atoms in total. The predicted molar refractivity (Wildman–Crippen MR) is 124 cm³/mol. The molecule has 3 aromatic rings. The zero-order valence-electron chi connectivity index (χ0n) is 17.8. The Morgan fingerprint density at radius 1 is 1.03 bits per heavy atom. The number of rotatable bonds is 4. The van der Waals surface area contributed by atoms with E-state index in [1.165, 1.54) is 13.2 Å². The fourth-order valence-electron chi connectivity index (χ4n) is 4.06. The lowest BCUT2D eigenvalue weighted by Crippen LogP contribution is -2.43. The molecule has 0 aromatic heterocycles. The molecular weight excluding hydrogens is 473 g/mol. The maximum absolute atomic E-state index is 14.2. The van der Waals surface area contributed by atoms with E-state index in [2.05, 4.69) is 5.32 Å². The van der Waals surface area contributed by atoms with Crippen molar-refractivity contribution in [3.8, 4) is 11.5 Å². The van der Waals surface area contributed by atoms with Crippen LogP contribution in [0.4, 0.5) is 19.3 Å². The van der Waals surface area contributed by atoms with E-state index in [0.29, 0.717) is 46.1 Å². The highest BCUT2D eigenvalue weighted by Gasteiger charge is 2.35. The summed E-state index contributed by atoms with van der Waals surface area (Å²) in [6, 6.07) is 10.4. The van der Waals surface area contributed by atoms with Gasteiger partial charge in [-0.15, -0.1) is 0 Å². The van der Waals surface area contributed by atoms with Gasteiger partial charge in [0.25, 0.3) is 0 Å². The molecule has 0 spiro atoms. The number of hydrogen-bond acceptors (Lipinski definition) is 3. The summed E-state index contributed by atoms with van der Waals surface area (Å²) in [4.78, 5) is 14.9. The lowest BCUT2D eigenvalue weighted by atomic mass is 9.87. The van der Waals surface area contributed by atoms with Crippen molar-refractivity contribution in [1.82, 2.24) is 4.90 Å². The zero-order chi connectivity index (χ0) is 23.7. The molecule has 33 heavy (non-hydrogen) atoms. The molecule has 9 heteroatoms. The second-order valence-corrected chi connectivity index (χ2v) is 8.38. The third-order valence-corrected chi connectivity index (χ3v) is 5.93. The Morgan fingerprint density at radius 3 is 2.39 bits per heavy atom. The van der Waals surface area contributed by atoms with Gasteiger partial charge in [-0.25, -0.2) is 13.6 Å². The van der Waals surface area contributed by atoms with Crippen LogP contribution in [-0.2, 0) is 6.42 Å². The molecule has 0 fully saturated rings. The van der Waals surface area contributed by atoms with Gasteiger partial charge in [0.1, 0.15) is 23.1 Å². The first-order valence-electron chi connectivity index (χ1n) is 10.0. The first kappa shape index (κ1) is 23.1. The predicted octanol–water partition coefficient (Wildman–Crippen LogP) is 6.47. The Morgan fingerprint density at radius 2 is 1.76 bits per heavy atom. The van der Waals surface area contributed by atoms with Crippen LogP contribution in [0.3, 0.4) is 0 Å². The minimum absolute atomic E-state index is 0.128. The van der Waals surface area contributed by atoms with Crippen molar-refractivity contribution >= 4 is 34.9 Å². The summed E-state index contributed by atoms with van der Waals surface area (Å²) in [5.74, 6) is -0.455. The van der Waals surface area contributed by atoms with Crippen molar-refractivity contribution in [3.05, 3.63) is 86.9 Å². The van der Waals surface area contributed by atoms with Gasteiger partial charge in [-0.1, -0.05) is 23.2 Å². The van der Waals surface area contributed by atoms with Gasteiger partial charge in [-0.2, -0.15) is 0 Å². The first-order valence-corrected chi connectivity index (χ1v) is 10.8. The van der Waals surface area contributed by atoms with Crippen LogP contribution in [-0.4, -0.2) is 31.7 Å². The lowest BCUT2D eigenvalue weighted by molar-refractivity contribution is 0.192. The topological polar surface area (TPSA) is 50.8 Å². The van der Waals surface area contributed by atoms with Gasteiger partial charge < -0.3 is 19.7 Å². The SMILES string of the molecule is COc1cc2c(c(OC)c1)[C@H](c1cc(Cl)cc(Cl)c1)N(C(=O)Nc1ccc(F)cc1F)CC2. The zero-order valence-corrected chi connectivity index (χ0v) is 19.3. The molecule has 0 saturated carbocycles. The minimum Gasteiger partial charge on any atom is -0.497 e. The second-order valence-electron chi connectivity index (χ2n) is 7.51. The molecule has 1 atom stereocenters. The molecule has 1 aliphatic heterocycles. The number of carbonyl (C=O) groups excluding carboxylic acids is 1. The van der Waals surface area contributed by atoms with E-state index in [1.54, 1.807) is 36.3 Å². The molecule has 0 bridgehead atoms. The number of halogens is 4. The lowest BCUT2D eigenvalue weighted by Gasteiger charge is -2.38. The highest BCUT2D eigenvalue weighted by molar-refractivity contribution is 6.34. The van der Waals surface area contributed by atoms with E-state index in [0.717, 1.165) is 17.2 Å². The van der Waals surface area contributed by atoms with Crippen molar-refractivity contribution in [1.29, 1.82) is 0 Å². The van der Waals surface area contributed by atoms with Crippen LogP contribution < -0.4 is 14.8 Å². The Labute approximate surface area is 199 Å². The van der Waals surface area contributed by atoms with Crippen LogP contribution >= 0.6 is 23.2 Å². The van der Waals surface area contributed by atoms with E-state index in [4.69, 9.17) is 32.7 Å². The van der Waals surface area contributed by atoms with E-state index < -0.39 is 23.7 Å². The molecule has 4 rings (SSSR count). The van der Waals surface area contributed by atoms with Crippen LogP contribution in [0.25, 0.3) is 0 Å². The number of nitrogens with one attached hydrogen (secondary N) is 1. The highest BCUT2D eigenvalue weighted by atomic mass is 35.5. The number of anilines is 1. The monoisotopic (exact) mass is 492 g/mol. The molecule has 2 amide bonds. The van der Waals surface area contributed by atoms with Gasteiger partial charge in [0.15, 0.2) is 0 Å². The van der Waals surface area contributed by atoms with E-state index in [9.17, 15) is 13.6 Å². The van der Waals surface area contributed by atoms with E-state index in [-0.39, 0.29) is 5.69 Å². The van der Waals surface area contributed by atoms with Gasteiger partial charge in [0.05, 0.1) is 25.9 Å². The van der Waals surface area contributed by atoms with Gasteiger partial charge in [0, 0.05) is 34.3 Å². The summed E-state index contributed by atoms with van der Waals surface area (Å²) >= 11 is 12.5. The summed E-state index contributed by atoms with van der Waals surface area (Å²) in [5.41, 5.74) is 2.21. The number of hydrogen-bond donors (Lipinski definition) is 1. The Bertz CT molecular complexity index is 1190. The third-order valence-electron chi connectivity index (χ3n) is 5.50. The van der Waals surface area contributed by atoms with Gasteiger partial charge in [0.2, 0.25) is 0 Å². The fraction of sp³-hybridized carbons (Fsp3) is 0.208. The van der Waals surface area contributed by atoms with Crippen molar-refractivity contribution in [3.63, 3.8) is 0 Å². The summed E-state index contributed by atoms with van der Waals surface area (Å²) in [5, 5.41) is 3.35. The first-order chi connectivity index (χ1) is 15.8. The smallest absolute Gasteiger partial charge is 0.322 e. The number of urea groups is 1. The van der Waals surface area contributed by atoms with Crippen molar-refractivity contribution in [2.75, 3.05) is 26.1 Å². The molecule has 1 heterocycles. The molecule has 0 saturated heterocycles. The molecule has 0 unspecified atom stereocenters. The molecular formula is C24H20Cl2F2N2O3. The third kappa shape index (κ3) is 4.70. The average molecular weight is 493 g/mol. The second kappa shape index (κ2) is 9.45. The molecule has 1 N–H and O–H groups in total. The average Bonchev–Trinajstić information content (AvgIpc) is 2.78. The van der Waals surface area contributed by atoms with Crippen LogP contribution in [0.2, 0.25) is 10.0 Å². The Hall–Kier alpha value is -3.03. The summed E-state index contributed by atoms with van der Waals surface area (Å²) in [6.45, 7) is 0.312. The molecule has 172 valence electrons. The van der Waals surface area contributed by atoms with Crippen molar-refractivity contribution < 1.29 is 23.0 Å². The number of benzene rings is 3. The van der Waals surface area contributed by atoms with E-state index in [1.807, 2.05) is 6.07 Å². The largest absolute Gasteiger partial charge is 0.497 e. The number of methoxy groups -OCH3 is 2. The maximum atomic E-state index is 14.2. The molecule has 0 aliphatic carbocycles. The van der Waals surface area contributed by atoms with Crippen molar-refractivity contribution in [2.24, 2.45) is 0 Å². The number of nitrogens with zero attached hydrogens (tertiary/aromatic N) is 1. The Kier molecular flexibility index (Phi) is 6.63. The summed E-state index contributed by atoms with van der Waals surface area (Å²) in [7, 11) is 3.10. The van der Waals surface area contributed by atoms with Crippen LogP contribution in [0.15, 0.2) is 48.5 Å². The highest BCUT2D eigenvalue weighted by Crippen LogP contribution is 2.44. The maximum Gasteiger partial charge on any atom is 0.322 e. The van der Waals surface area contributed by atoms with E-state index >= 15 is 0 Å².